The van der Waals surface area contributed by atoms with Crippen molar-refractivity contribution >= 4 is 44.8 Å². The van der Waals surface area contributed by atoms with Crippen molar-refractivity contribution in [2.75, 3.05) is 11.9 Å². The number of nitrogens with one attached hydrogen (secondary N) is 2. The van der Waals surface area contributed by atoms with Crippen LogP contribution in [0.15, 0.2) is 71.1 Å². The van der Waals surface area contributed by atoms with Gasteiger partial charge >= 0.3 is 6.18 Å². The molecule has 1 fully saturated rings. The Labute approximate surface area is 255 Å². The van der Waals surface area contributed by atoms with Crippen molar-refractivity contribution in [3.05, 3.63) is 88.1 Å². The van der Waals surface area contributed by atoms with Crippen LogP contribution in [0.1, 0.15) is 42.8 Å². The fraction of sp³-hybridized carbons (Fsp3) is 0.286. The number of nitrogens with zero attached hydrogens (tertiary/aromatic N) is 4. The van der Waals surface area contributed by atoms with Crippen molar-refractivity contribution in [3.8, 4) is 11.3 Å². The minimum atomic E-state index is -4.48. The summed E-state index contributed by atoms with van der Waals surface area (Å²) in [6.45, 7) is 1.98. The number of aromatic nitrogens is 3. The maximum Gasteiger partial charge on any atom is 0.416 e. The first-order valence-electron chi connectivity index (χ1n) is 13.2. The summed E-state index contributed by atoms with van der Waals surface area (Å²) in [7, 11) is -3.91. The molecule has 15 heteroatoms. The van der Waals surface area contributed by atoms with Crippen LogP contribution in [0.2, 0.25) is 4.34 Å². The van der Waals surface area contributed by atoms with E-state index >= 15 is 0 Å². The number of carbonyl (C=O) groups is 1. The van der Waals surface area contributed by atoms with Crippen molar-refractivity contribution in [2.45, 2.75) is 48.8 Å². The summed E-state index contributed by atoms with van der Waals surface area (Å²) in [5.74, 6) is -0.311. The topological polar surface area (TPSA) is 117 Å². The molecule has 5 rings (SSSR count). The van der Waals surface area contributed by atoms with Gasteiger partial charge in [-0.15, -0.1) is 11.3 Å². The van der Waals surface area contributed by atoms with Crippen LogP contribution in [0.25, 0.3) is 11.3 Å². The molecule has 1 saturated heterocycles. The predicted octanol–water partition coefficient (Wildman–Crippen LogP) is 5.91. The zero-order valence-corrected chi connectivity index (χ0v) is 25.1. The molecule has 0 unspecified atom stereocenters. The van der Waals surface area contributed by atoms with E-state index in [9.17, 15) is 26.4 Å². The van der Waals surface area contributed by atoms with Gasteiger partial charge in [0.25, 0.3) is 10.0 Å². The largest absolute Gasteiger partial charge is 0.416 e. The number of rotatable bonds is 9. The van der Waals surface area contributed by atoms with Crippen LogP contribution < -0.4 is 10.6 Å². The van der Waals surface area contributed by atoms with Gasteiger partial charge in [-0.05, 0) is 62.2 Å². The fourth-order valence-electron chi connectivity index (χ4n) is 4.67. The standard InChI is InChI=1S/C28H26ClF3N6O3S2/c1-17(21-5-2-3-13-33-21)35-27-36-20(15-22(37-27)18-7-9-19(10-8-18)28(30,31)32)16-34-26(39)23-6-4-14-38(23)43(40,41)25-12-11-24(29)42-25/h2-3,5,7-13,15,17,23H,4,6,14,16H2,1H3,(H,34,39)(H,35,36,37)/t17-,23-/m0/s1. The summed E-state index contributed by atoms with van der Waals surface area (Å²) >= 11 is 6.86. The van der Waals surface area contributed by atoms with Crippen LogP contribution in [0.4, 0.5) is 19.1 Å². The van der Waals surface area contributed by atoms with Crippen molar-refractivity contribution < 1.29 is 26.4 Å². The quantitative estimate of drug-likeness (QED) is 0.231. The molecule has 0 radical (unpaired) electrons. The smallest absolute Gasteiger partial charge is 0.349 e. The number of amides is 1. The highest BCUT2D eigenvalue weighted by atomic mass is 35.5. The van der Waals surface area contributed by atoms with Gasteiger partial charge in [0.15, 0.2) is 0 Å². The van der Waals surface area contributed by atoms with E-state index in [1.807, 2.05) is 19.1 Å². The Balaban J connectivity index is 1.38. The molecule has 2 atom stereocenters. The van der Waals surface area contributed by atoms with Crippen LogP contribution in [0.3, 0.4) is 0 Å². The molecule has 0 spiro atoms. The van der Waals surface area contributed by atoms with E-state index in [1.165, 1.54) is 28.6 Å². The first-order chi connectivity index (χ1) is 20.4. The van der Waals surface area contributed by atoms with Crippen molar-refractivity contribution in [2.24, 2.45) is 0 Å². The summed E-state index contributed by atoms with van der Waals surface area (Å²) in [5, 5.41) is 5.93. The van der Waals surface area contributed by atoms with E-state index in [4.69, 9.17) is 11.6 Å². The van der Waals surface area contributed by atoms with E-state index in [1.54, 1.807) is 18.3 Å². The summed E-state index contributed by atoms with van der Waals surface area (Å²) in [6, 6.07) is 13.3. The van der Waals surface area contributed by atoms with Crippen molar-refractivity contribution in [1.82, 2.24) is 24.6 Å². The second-order valence-corrected chi connectivity index (χ2v) is 13.6. The minimum absolute atomic E-state index is 0.0620. The van der Waals surface area contributed by atoms with Crippen molar-refractivity contribution in [1.29, 1.82) is 0 Å². The molecular weight excluding hydrogens is 625 g/mol. The lowest BCUT2D eigenvalue weighted by Gasteiger charge is -2.22. The highest BCUT2D eigenvalue weighted by Crippen LogP contribution is 2.33. The van der Waals surface area contributed by atoms with Gasteiger partial charge in [0, 0.05) is 18.3 Å². The van der Waals surface area contributed by atoms with Crippen LogP contribution in [-0.4, -0.2) is 46.2 Å². The van der Waals surface area contributed by atoms with E-state index in [2.05, 4.69) is 25.6 Å². The molecule has 1 amide bonds. The highest BCUT2D eigenvalue weighted by Gasteiger charge is 2.40. The molecule has 0 saturated carbocycles. The van der Waals surface area contributed by atoms with Crippen LogP contribution in [0, 0.1) is 0 Å². The number of alkyl halides is 3. The molecule has 3 aromatic heterocycles. The summed E-state index contributed by atoms with van der Waals surface area (Å²) in [5.41, 5.74) is 1.05. The summed E-state index contributed by atoms with van der Waals surface area (Å²) in [4.78, 5) is 26.6. The zero-order valence-electron chi connectivity index (χ0n) is 22.7. The van der Waals surface area contributed by atoms with Gasteiger partial charge in [-0.2, -0.15) is 17.5 Å². The number of benzene rings is 1. The number of pyridine rings is 1. The number of hydrogen-bond acceptors (Lipinski definition) is 8. The molecule has 0 aliphatic carbocycles. The molecule has 4 heterocycles. The first-order valence-corrected chi connectivity index (χ1v) is 15.8. The van der Waals surface area contributed by atoms with Crippen molar-refractivity contribution in [3.63, 3.8) is 0 Å². The molecule has 9 nitrogen and oxygen atoms in total. The first kappa shape index (κ1) is 30.9. The lowest BCUT2D eigenvalue weighted by atomic mass is 10.1. The van der Waals surface area contributed by atoms with E-state index in [0.29, 0.717) is 34.1 Å². The van der Waals surface area contributed by atoms with Gasteiger partial charge in [-0.1, -0.05) is 29.8 Å². The second kappa shape index (κ2) is 12.6. The average molecular weight is 651 g/mol. The number of anilines is 1. The molecule has 1 aliphatic rings. The maximum atomic E-state index is 13.2. The Morgan fingerprint density at radius 2 is 1.91 bits per heavy atom. The van der Waals surface area contributed by atoms with E-state index in [-0.39, 0.29) is 29.3 Å². The Bertz CT molecular complexity index is 1700. The maximum absolute atomic E-state index is 13.2. The van der Waals surface area contributed by atoms with Crippen LogP contribution in [0.5, 0.6) is 0 Å². The third-order valence-corrected chi connectivity index (χ3v) is 10.4. The summed E-state index contributed by atoms with van der Waals surface area (Å²) < 4.78 is 67.3. The number of sulfonamides is 1. The predicted molar refractivity (Wildman–Crippen MR) is 157 cm³/mol. The molecular formula is C28H26ClF3N6O3S2. The zero-order chi connectivity index (χ0) is 30.8. The Morgan fingerprint density at radius 1 is 1.14 bits per heavy atom. The number of thiophene rings is 1. The number of halogens is 4. The lowest BCUT2D eigenvalue weighted by Crippen LogP contribution is -2.45. The van der Waals surface area contributed by atoms with Gasteiger partial charge in [0.2, 0.25) is 11.9 Å². The van der Waals surface area contributed by atoms with Gasteiger partial charge in [-0.3, -0.25) is 9.78 Å². The Kier molecular flexibility index (Phi) is 9.02. The van der Waals surface area contributed by atoms with E-state index < -0.39 is 33.7 Å². The molecule has 0 bridgehead atoms. The molecule has 2 N–H and O–H groups in total. The van der Waals surface area contributed by atoms with E-state index in [0.717, 1.165) is 29.2 Å². The summed E-state index contributed by atoms with van der Waals surface area (Å²) in [6.07, 6.45) is -1.98. The Morgan fingerprint density at radius 3 is 2.56 bits per heavy atom. The molecule has 1 aromatic carbocycles. The fourth-order valence-corrected chi connectivity index (χ4v) is 7.94. The number of carbonyl (C=O) groups excluding carboxylic acids is 1. The monoisotopic (exact) mass is 650 g/mol. The third-order valence-electron chi connectivity index (χ3n) is 6.83. The van der Waals surface area contributed by atoms with Gasteiger partial charge in [0.05, 0.1) is 39.6 Å². The van der Waals surface area contributed by atoms with Gasteiger partial charge in [0.1, 0.15) is 10.3 Å². The third kappa shape index (κ3) is 7.15. The normalized spacial score (nSPS) is 16.6. The molecule has 4 aromatic rings. The van der Waals surface area contributed by atoms with Crippen LogP contribution >= 0.6 is 22.9 Å². The van der Waals surface area contributed by atoms with Gasteiger partial charge < -0.3 is 10.6 Å². The SMILES string of the molecule is C[C@H](Nc1nc(CNC(=O)[C@@H]2CCCN2S(=O)(=O)c2ccc(Cl)s2)cc(-c2ccc(C(F)(F)F)cc2)n1)c1ccccn1. The molecule has 226 valence electrons. The second-order valence-electron chi connectivity index (χ2n) is 9.81. The van der Waals surface area contributed by atoms with Gasteiger partial charge in [-0.25, -0.2) is 18.4 Å². The molecule has 1 aliphatic heterocycles. The minimum Gasteiger partial charge on any atom is -0.349 e. The number of hydrogen-bond donors (Lipinski definition) is 2. The highest BCUT2D eigenvalue weighted by molar-refractivity contribution is 7.91. The lowest BCUT2D eigenvalue weighted by molar-refractivity contribution is -0.137. The van der Waals surface area contributed by atoms with Crippen LogP contribution in [-0.2, 0) is 27.5 Å². The Hall–Kier alpha value is -3.59. The molecule has 43 heavy (non-hydrogen) atoms. The average Bonchev–Trinajstić information content (AvgIpc) is 3.66.